The molecule has 2 aromatic carbocycles. The van der Waals surface area contributed by atoms with Gasteiger partial charge in [0, 0.05) is 43.3 Å². The second-order valence-electron chi connectivity index (χ2n) is 8.53. The van der Waals surface area contributed by atoms with Gasteiger partial charge in [-0.05, 0) is 41.8 Å². The van der Waals surface area contributed by atoms with Crippen LogP contribution in [0.4, 0.5) is 0 Å². The molecule has 1 atom stereocenters. The molecule has 2 aromatic rings. The highest BCUT2D eigenvalue weighted by molar-refractivity contribution is 6.30. The summed E-state index contributed by atoms with van der Waals surface area (Å²) in [5.41, 5.74) is 1.83. The van der Waals surface area contributed by atoms with Gasteiger partial charge in [-0.15, -0.1) is 0 Å². The van der Waals surface area contributed by atoms with Crippen LogP contribution < -0.4 is 9.47 Å². The Kier molecular flexibility index (Phi) is 7.00. The van der Waals surface area contributed by atoms with Gasteiger partial charge < -0.3 is 19.1 Å². The van der Waals surface area contributed by atoms with Crippen LogP contribution in [0.3, 0.4) is 0 Å². The van der Waals surface area contributed by atoms with Crippen LogP contribution in [0.5, 0.6) is 11.5 Å². The van der Waals surface area contributed by atoms with E-state index in [1.165, 1.54) is 5.56 Å². The van der Waals surface area contributed by atoms with Crippen molar-refractivity contribution in [2.45, 2.75) is 26.5 Å². The van der Waals surface area contributed by atoms with Gasteiger partial charge in [-0.3, -0.25) is 9.69 Å². The van der Waals surface area contributed by atoms with E-state index in [1.807, 2.05) is 17.0 Å². The summed E-state index contributed by atoms with van der Waals surface area (Å²) in [4.78, 5) is 17.6. The summed E-state index contributed by atoms with van der Waals surface area (Å²) in [6, 6.07) is 13.3. The molecule has 0 spiro atoms. The summed E-state index contributed by atoms with van der Waals surface area (Å²) >= 11 is 6.00. The Bertz CT molecular complexity index is 903. The molecular formula is C24H29ClN2O4. The minimum atomic E-state index is -0.0299. The predicted molar refractivity (Wildman–Crippen MR) is 120 cm³/mol. The molecule has 0 N–H and O–H groups in total. The smallest absolute Gasteiger partial charge is 0.254 e. The van der Waals surface area contributed by atoms with Gasteiger partial charge >= 0.3 is 0 Å². The Hall–Kier alpha value is -2.28. The van der Waals surface area contributed by atoms with E-state index < -0.39 is 0 Å². The molecule has 2 aliphatic heterocycles. The molecule has 2 aliphatic rings. The maximum absolute atomic E-state index is 13.3. The molecule has 1 saturated heterocycles. The molecular weight excluding hydrogens is 416 g/mol. The first-order valence-corrected chi connectivity index (χ1v) is 11.1. The van der Waals surface area contributed by atoms with Gasteiger partial charge in [0.15, 0.2) is 11.5 Å². The van der Waals surface area contributed by atoms with E-state index in [0.29, 0.717) is 42.7 Å². The van der Waals surface area contributed by atoms with Crippen LogP contribution in [0.1, 0.15) is 29.8 Å². The van der Waals surface area contributed by atoms with Crippen molar-refractivity contribution >= 4 is 17.5 Å². The van der Waals surface area contributed by atoms with Crippen molar-refractivity contribution in [3.63, 3.8) is 0 Å². The van der Waals surface area contributed by atoms with E-state index in [2.05, 4.69) is 30.9 Å². The first-order valence-electron chi connectivity index (χ1n) is 10.8. The van der Waals surface area contributed by atoms with Crippen LogP contribution in [0, 0.1) is 5.92 Å². The molecule has 1 unspecified atom stereocenters. The topological polar surface area (TPSA) is 51.2 Å². The molecule has 7 heteroatoms. The Morgan fingerprint density at radius 3 is 2.71 bits per heavy atom. The van der Waals surface area contributed by atoms with Crippen molar-refractivity contribution in [2.75, 3.05) is 39.6 Å². The average molecular weight is 445 g/mol. The summed E-state index contributed by atoms with van der Waals surface area (Å²) in [5, 5.41) is 0.745. The number of hydrogen-bond acceptors (Lipinski definition) is 5. The second-order valence-corrected chi connectivity index (χ2v) is 8.96. The number of fused-ring (bicyclic) bond motifs is 1. The molecule has 6 nitrogen and oxygen atoms in total. The zero-order valence-electron chi connectivity index (χ0n) is 18.1. The predicted octanol–water partition coefficient (Wildman–Crippen LogP) is 4.07. The van der Waals surface area contributed by atoms with E-state index in [-0.39, 0.29) is 18.8 Å². The highest BCUT2D eigenvalue weighted by Crippen LogP contribution is 2.33. The monoisotopic (exact) mass is 444 g/mol. The fourth-order valence-corrected chi connectivity index (χ4v) is 4.15. The van der Waals surface area contributed by atoms with E-state index in [9.17, 15) is 4.79 Å². The van der Waals surface area contributed by atoms with Crippen molar-refractivity contribution in [2.24, 2.45) is 5.92 Å². The normalized spacial score (nSPS) is 18.4. The van der Waals surface area contributed by atoms with Crippen molar-refractivity contribution < 1.29 is 19.0 Å². The van der Waals surface area contributed by atoms with E-state index in [0.717, 1.165) is 24.7 Å². The number of ether oxygens (including phenoxy) is 3. The summed E-state index contributed by atoms with van der Waals surface area (Å²) < 4.78 is 16.8. The van der Waals surface area contributed by atoms with Crippen LogP contribution in [0.25, 0.3) is 0 Å². The Morgan fingerprint density at radius 2 is 1.94 bits per heavy atom. The summed E-state index contributed by atoms with van der Waals surface area (Å²) in [6.07, 6.45) is -0.0299. The number of morpholine rings is 1. The fraction of sp³-hybridized carbons (Fsp3) is 0.458. The van der Waals surface area contributed by atoms with Gasteiger partial charge in [0.05, 0.1) is 12.7 Å². The standard InChI is InChI=1S/C24H29ClN2O4/c1-17(2)12-27(24(28)19-5-8-22-23(11-19)31-16-30-22)15-21-14-26(9-10-29-21)13-18-3-6-20(25)7-4-18/h3-8,11,17,21H,9-10,12-16H2,1-2H3. The summed E-state index contributed by atoms with van der Waals surface area (Å²) in [6.45, 7) is 8.83. The van der Waals surface area contributed by atoms with Gasteiger partial charge in [-0.25, -0.2) is 0 Å². The van der Waals surface area contributed by atoms with Crippen molar-refractivity contribution in [1.82, 2.24) is 9.80 Å². The van der Waals surface area contributed by atoms with Crippen LogP contribution in [-0.4, -0.2) is 61.4 Å². The summed E-state index contributed by atoms with van der Waals surface area (Å²) in [7, 11) is 0. The second kappa shape index (κ2) is 9.90. The lowest BCUT2D eigenvalue weighted by Crippen LogP contribution is -2.49. The maximum atomic E-state index is 13.3. The lowest BCUT2D eigenvalue weighted by Gasteiger charge is -2.36. The number of rotatable bonds is 7. The molecule has 31 heavy (non-hydrogen) atoms. The number of nitrogens with zero attached hydrogens (tertiary/aromatic N) is 2. The van der Waals surface area contributed by atoms with Crippen molar-refractivity contribution in [3.8, 4) is 11.5 Å². The molecule has 0 saturated carbocycles. The van der Waals surface area contributed by atoms with E-state index in [1.54, 1.807) is 18.2 Å². The third-order valence-electron chi connectivity index (χ3n) is 5.46. The SMILES string of the molecule is CC(C)CN(CC1CN(Cc2ccc(Cl)cc2)CCO1)C(=O)c1ccc2c(c1)OCO2. The minimum absolute atomic E-state index is 0.00887. The van der Waals surface area contributed by atoms with Crippen LogP contribution >= 0.6 is 11.6 Å². The molecule has 0 aromatic heterocycles. The highest BCUT2D eigenvalue weighted by atomic mass is 35.5. The third-order valence-corrected chi connectivity index (χ3v) is 5.71. The quantitative estimate of drug-likeness (QED) is 0.644. The zero-order chi connectivity index (χ0) is 21.8. The third kappa shape index (κ3) is 5.70. The van der Waals surface area contributed by atoms with Gasteiger partial charge in [0.25, 0.3) is 5.91 Å². The van der Waals surface area contributed by atoms with Gasteiger partial charge in [-0.1, -0.05) is 37.6 Å². The molecule has 166 valence electrons. The summed E-state index contributed by atoms with van der Waals surface area (Å²) in [5.74, 6) is 1.65. The van der Waals surface area contributed by atoms with E-state index in [4.69, 9.17) is 25.8 Å². The zero-order valence-corrected chi connectivity index (χ0v) is 18.8. The van der Waals surface area contributed by atoms with Crippen LogP contribution in [0.15, 0.2) is 42.5 Å². The largest absolute Gasteiger partial charge is 0.454 e. The minimum Gasteiger partial charge on any atom is -0.454 e. The first kappa shape index (κ1) is 21.9. The number of carbonyl (C=O) groups is 1. The van der Waals surface area contributed by atoms with E-state index >= 15 is 0 Å². The fourth-order valence-electron chi connectivity index (χ4n) is 4.02. The lowest BCUT2D eigenvalue weighted by molar-refractivity contribution is -0.0438. The van der Waals surface area contributed by atoms with Gasteiger partial charge in [0.2, 0.25) is 6.79 Å². The Morgan fingerprint density at radius 1 is 1.16 bits per heavy atom. The molecule has 1 fully saturated rings. The molecule has 0 aliphatic carbocycles. The number of amides is 1. The van der Waals surface area contributed by atoms with Crippen molar-refractivity contribution in [3.05, 3.63) is 58.6 Å². The lowest BCUT2D eigenvalue weighted by atomic mass is 10.1. The van der Waals surface area contributed by atoms with Gasteiger partial charge in [-0.2, -0.15) is 0 Å². The number of halogens is 1. The van der Waals surface area contributed by atoms with Crippen LogP contribution in [-0.2, 0) is 11.3 Å². The molecule has 0 radical (unpaired) electrons. The van der Waals surface area contributed by atoms with Crippen molar-refractivity contribution in [1.29, 1.82) is 0 Å². The highest BCUT2D eigenvalue weighted by Gasteiger charge is 2.27. The Labute approximate surface area is 188 Å². The van der Waals surface area contributed by atoms with Gasteiger partial charge in [0.1, 0.15) is 0 Å². The maximum Gasteiger partial charge on any atom is 0.254 e. The van der Waals surface area contributed by atoms with Crippen LogP contribution in [0.2, 0.25) is 5.02 Å². The molecule has 1 amide bonds. The molecule has 4 rings (SSSR count). The first-order chi connectivity index (χ1) is 15.0. The Balaban J connectivity index is 1.42. The number of hydrogen-bond donors (Lipinski definition) is 0. The number of benzene rings is 2. The molecule has 2 heterocycles. The molecule has 0 bridgehead atoms. The number of carbonyl (C=O) groups excluding carboxylic acids is 1. The average Bonchev–Trinajstić information content (AvgIpc) is 3.22.